The topological polar surface area (TPSA) is 33.6 Å². The first-order chi connectivity index (χ1) is 6.86. The van der Waals surface area contributed by atoms with Crippen molar-refractivity contribution in [2.75, 3.05) is 25.1 Å². The van der Waals surface area contributed by atoms with Gasteiger partial charge in [-0.15, -0.1) is 0 Å². The molecular weight excluding hydrogens is 244 g/mol. The normalized spacial score (nSPS) is 16.2. The summed E-state index contributed by atoms with van der Waals surface area (Å²) in [7, 11) is 0. The quantitative estimate of drug-likeness (QED) is 0.835. The van der Waals surface area contributed by atoms with Gasteiger partial charge in [-0.1, -0.05) is 12.1 Å². The third-order valence-corrected chi connectivity index (χ3v) is 2.62. The van der Waals surface area contributed by atoms with E-state index in [1.807, 2.05) is 24.3 Å². The van der Waals surface area contributed by atoms with E-state index < -0.39 is 0 Å². The first-order valence-corrected chi connectivity index (χ1v) is 5.28. The van der Waals surface area contributed by atoms with Crippen LogP contribution < -0.4 is 5.32 Å². The number of ether oxygens (including phenoxy) is 1. The van der Waals surface area contributed by atoms with E-state index in [1.54, 1.807) is 0 Å². The summed E-state index contributed by atoms with van der Waals surface area (Å²) in [6.07, 6.45) is 0. The largest absolute Gasteiger partial charge is 0.372 e. The highest BCUT2D eigenvalue weighted by Crippen LogP contribution is 2.21. The van der Waals surface area contributed by atoms with Gasteiger partial charge in [0.2, 0.25) is 0 Å². The van der Waals surface area contributed by atoms with Gasteiger partial charge < -0.3 is 10.1 Å². The molecule has 0 saturated heterocycles. The molecular formula is C10H11BrN2O. The Balaban J connectivity index is 2.10. The Morgan fingerprint density at radius 3 is 2.93 bits per heavy atom. The predicted octanol–water partition coefficient (Wildman–Crippen LogP) is 2.29. The number of nitrogens with one attached hydrogen (secondary N) is 1. The maximum Gasteiger partial charge on any atom is 0.127 e. The van der Waals surface area contributed by atoms with Crippen LogP contribution in [0.4, 0.5) is 5.69 Å². The summed E-state index contributed by atoms with van der Waals surface area (Å²) in [4.78, 5) is 4.33. The molecule has 1 aliphatic heterocycles. The Hall–Kier alpha value is -0.870. The standard InChI is InChI=1S/C10H11BrN2O/c11-8-3-1-2-4-9(8)13-10-7-14-6-5-12-10/h1-4H,5-7H2,(H,12,13). The van der Waals surface area contributed by atoms with Gasteiger partial charge in [0.25, 0.3) is 0 Å². The fraction of sp³-hybridized carbons (Fsp3) is 0.300. The van der Waals surface area contributed by atoms with E-state index in [-0.39, 0.29) is 0 Å². The van der Waals surface area contributed by atoms with Crippen LogP contribution in [0.25, 0.3) is 0 Å². The van der Waals surface area contributed by atoms with Crippen molar-refractivity contribution in [1.82, 2.24) is 0 Å². The third-order valence-electron chi connectivity index (χ3n) is 1.93. The maximum atomic E-state index is 5.29. The van der Waals surface area contributed by atoms with Crippen molar-refractivity contribution in [1.29, 1.82) is 0 Å². The van der Waals surface area contributed by atoms with E-state index in [9.17, 15) is 0 Å². The van der Waals surface area contributed by atoms with E-state index in [0.717, 1.165) is 29.1 Å². The Labute approximate surface area is 91.3 Å². The van der Waals surface area contributed by atoms with Crippen LogP contribution >= 0.6 is 15.9 Å². The van der Waals surface area contributed by atoms with Gasteiger partial charge in [-0.05, 0) is 28.1 Å². The van der Waals surface area contributed by atoms with Crippen molar-refractivity contribution in [2.45, 2.75) is 0 Å². The lowest BCUT2D eigenvalue weighted by Gasteiger charge is -2.15. The molecule has 0 bridgehead atoms. The van der Waals surface area contributed by atoms with Gasteiger partial charge in [-0.25, -0.2) is 0 Å². The van der Waals surface area contributed by atoms with E-state index in [2.05, 4.69) is 26.2 Å². The molecule has 0 aromatic heterocycles. The van der Waals surface area contributed by atoms with Crippen molar-refractivity contribution in [3.8, 4) is 0 Å². The number of rotatable bonds is 1. The zero-order chi connectivity index (χ0) is 9.80. The van der Waals surface area contributed by atoms with Gasteiger partial charge in [-0.3, -0.25) is 4.99 Å². The molecule has 1 aromatic carbocycles. The Morgan fingerprint density at radius 2 is 2.21 bits per heavy atom. The average molecular weight is 255 g/mol. The number of nitrogens with zero attached hydrogens (tertiary/aromatic N) is 1. The highest BCUT2D eigenvalue weighted by molar-refractivity contribution is 9.10. The second-order valence-corrected chi connectivity index (χ2v) is 3.84. The molecule has 0 atom stereocenters. The van der Waals surface area contributed by atoms with Crippen molar-refractivity contribution < 1.29 is 4.74 Å². The third kappa shape index (κ3) is 2.33. The highest BCUT2D eigenvalue weighted by atomic mass is 79.9. The molecule has 0 amide bonds. The van der Waals surface area contributed by atoms with Crippen LogP contribution in [0.15, 0.2) is 33.7 Å². The summed E-state index contributed by atoms with van der Waals surface area (Å²) in [5.74, 6) is 0.892. The summed E-state index contributed by atoms with van der Waals surface area (Å²) >= 11 is 3.46. The van der Waals surface area contributed by atoms with E-state index in [0.29, 0.717) is 6.61 Å². The van der Waals surface area contributed by atoms with Crippen molar-refractivity contribution in [3.05, 3.63) is 28.7 Å². The number of amidine groups is 1. The van der Waals surface area contributed by atoms with Crippen LogP contribution in [0, 0.1) is 0 Å². The monoisotopic (exact) mass is 254 g/mol. The fourth-order valence-electron chi connectivity index (χ4n) is 1.25. The van der Waals surface area contributed by atoms with E-state index in [1.165, 1.54) is 0 Å². The fourth-order valence-corrected chi connectivity index (χ4v) is 1.64. The Bertz CT molecular complexity index is 352. The number of benzene rings is 1. The van der Waals surface area contributed by atoms with Crippen LogP contribution in [0.1, 0.15) is 0 Å². The maximum absolute atomic E-state index is 5.29. The number of aliphatic imine (C=N–C) groups is 1. The lowest BCUT2D eigenvalue weighted by Crippen LogP contribution is -2.24. The molecule has 0 aliphatic carbocycles. The van der Waals surface area contributed by atoms with Crippen LogP contribution in [-0.4, -0.2) is 25.6 Å². The minimum atomic E-state index is 0.571. The number of halogens is 1. The molecule has 0 fully saturated rings. The molecule has 0 spiro atoms. The highest BCUT2D eigenvalue weighted by Gasteiger charge is 2.06. The van der Waals surface area contributed by atoms with Gasteiger partial charge in [0, 0.05) is 4.47 Å². The van der Waals surface area contributed by atoms with E-state index >= 15 is 0 Å². The minimum absolute atomic E-state index is 0.571. The van der Waals surface area contributed by atoms with Crippen LogP contribution in [-0.2, 0) is 4.74 Å². The number of hydrogen-bond acceptors (Lipinski definition) is 3. The molecule has 1 aliphatic rings. The number of hydrogen-bond donors (Lipinski definition) is 1. The molecule has 2 rings (SSSR count). The molecule has 0 unspecified atom stereocenters. The molecule has 4 heteroatoms. The summed E-state index contributed by atoms with van der Waals surface area (Å²) in [6.45, 7) is 2.04. The van der Waals surface area contributed by atoms with Crippen LogP contribution in [0.5, 0.6) is 0 Å². The molecule has 0 saturated carbocycles. The Morgan fingerprint density at radius 1 is 1.36 bits per heavy atom. The predicted molar refractivity (Wildman–Crippen MR) is 60.9 cm³/mol. The zero-order valence-electron chi connectivity index (χ0n) is 7.66. The molecule has 14 heavy (non-hydrogen) atoms. The molecule has 74 valence electrons. The van der Waals surface area contributed by atoms with Gasteiger partial charge in [0.15, 0.2) is 0 Å². The zero-order valence-corrected chi connectivity index (χ0v) is 9.25. The average Bonchev–Trinajstić information content (AvgIpc) is 2.23. The first-order valence-electron chi connectivity index (χ1n) is 4.49. The summed E-state index contributed by atoms with van der Waals surface area (Å²) in [5, 5.41) is 3.23. The van der Waals surface area contributed by atoms with Crippen molar-refractivity contribution in [3.63, 3.8) is 0 Å². The van der Waals surface area contributed by atoms with Crippen molar-refractivity contribution in [2.24, 2.45) is 4.99 Å². The van der Waals surface area contributed by atoms with Crippen LogP contribution in [0.3, 0.4) is 0 Å². The van der Waals surface area contributed by atoms with Crippen molar-refractivity contribution >= 4 is 27.5 Å². The summed E-state index contributed by atoms with van der Waals surface area (Å²) < 4.78 is 6.32. The summed E-state index contributed by atoms with van der Waals surface area (Å²) in [6, 6.07) is 7.96. The van der Waals surface area contributed by atoms with Crippen LogP contribution in [0.2, 0.25) is 0 Å². The second kappa shape index (κ2) is 4.57. The Kier molecular flexibility index (Phi) is 3.16. The van der Waals surface area contributed by atoms with Gasteiger partial charge in [0.1, 0.15) is 12.4 Å². The molecule has 1 N–H and O–H groups in total. The molecule has 3 nitrogen and oxygen atoms in total. The number of anilines is 1. The molecule has 1 aromatic rings. The molecule has 0 radical (unpaired) electrons. The molecule has 1 heterocycles. The van der Waals surface area contributed by atoms with Gasteiger partial charge in [0.05, 0.1) is 18.8 Å². The first kappa shape index (κ1) is 9.68. The lowest BCUT2D eigenvalue weighted by molar-refractivity contribution is 0.171. The minimum Gasteiger partial charge on any atom is -0.372 e. The number of para-hydroxylation sites is 1. The SMILES string of the molecule is Brc1ccccc1NC1=NCCOC1. The smallest absolute Gasteiger partial charge is 0.127 e. The van der Waals surface area contributed by atoms with Gasteiger partial charge in [-0.2, -0.15) is 0 Å². The summed E-state index contributed by atoms with van der Waals surface area (Å²) in [5.41, 5.74) is 1.02. The lowest BCUT2D eigenvalue weighted by atomic mass is 10.3. The second-order valence-electron chi connectivity index (χ2n) is 2.99. The van der Waals surface area contributed by atoms with Gasteiger partial charge >= 0.3 is 0 Å². The van der Waals surface area contributed by atoms with E-state index in [4.69, 9.17) is 4.74 Å².